The predicted octanol–water partition coefficient (Wildman–Crippen LogP) is 4.29. The highest BCUT2D eigenvalue weighted by atomic mass is 16.5. The Balaban J connectivity index is 1.47. The maximum absolute atomic E-state index is 13.5. The van der Waals surface area contributed by atoms with E-state index in [0.717, 1.165) is 42.5 Å². The summed E-state index contributed by atoms with van der Waals surface area (Å²) in [6, 6.07) is 11.5. The Morgan fingerprint density at radius 2 is 1.84 bits per heavy atom. The van der Waals surface area contributed by atoms with E-state index in [9.17, 15) is 9.59 Å². The molecule has 0 aromatic heterocycles. The summed E-state index contributed by atoms with van der Waals surface area (Å²) >= 11 is 0. The van der Waals surface area contributed by atoms with Crippen LogP contribution in [0, 0.1) is 0 Å². The van der Waals surface area contributed by atoms with Gasteiger partial charge in [-0.2, -0.15) is 0 Å². The van der Waals surface area contributed by atoms with Crippen molar-refractivity contribution in [2.75, 3.05) is 52.0 Å². The zero-order valence-corrected chi connectivity index (χ0v) is 22.0. The molecule has 0 bridgehead atoms. The Hall–Kier alpha value is -3.46. The largest absolute Gasteiger partial charge is 0.496 e. The van der Waals surface area contributed by atoms with Gasteiger partial charge in [-0.05, 0) is 36.6 Å². The second-order valence-corrected chi connectivity index (χ2v) is 9.28. The van der Waals surface area contributed by atoms with Crippen LogP contribution in [0.4, 0.5) is 10.5 Å². The lowest BCUT2D eigenvalue weighted by atomic mass is 10.0. The van der Waals surface area contributed by atoms with Gasteiger partial charge in [-0.1, -0.05) is 31.9 Å². The molecule has 2 aliphatic rings. The summed E-state index contributed by atoms with van der Waals surface area (Å²) in [5, 5.41) is 2.82. The summed E-state index contributed by atoms with van der Waals surface area (Å²) in [5.74, 6) is 1.89. The molecule has 9 heteroatoms. The average molecular weight is 512 g/mol. The summed E-state index contributed by atoms with van der Waals surface area (Å²) in [5.41, 5.74) is 2.63. The number of rotatable bonds is 11. The minimum atomic E-state index is -0.221. The number of benzene rings is 2. The predicted molar refractivity (Wildman–Crippen MR) is 140 cm³/mol. The molecule has 200 valence electrons. The van der Waals surface area contributed by atoms with Gasteiger partial charge >= 0.3 is 6.03 Å². The van der Waals surface area contributed by atoms with Crippen LogP contribution in [0.1, 0.15) is 49.8 Å². The summed E-state index contributed by atoms with van der Waals surface area (Å²) in [6.45, 7) is 4.97. The van der Waals surface area contributed by atoms with Gasteiger partial charge in [-0.15, -0.1) is 0 Å². The third-order valence-corrected chi connectivity index (χ3v) is 6.72. The van der Waals surface area contributed by atoms with Crippen LogP contribution in [0.25, 0.3) is 0 Å². The molecule has 2 heterocycles. The zero-order valence-electron chi connectivity index (χ0n) is 22.0. The molecule has 2 fully saturated rings. The number of amides is 3. The number of carbonyl (C=O) groups excluding carboxylic acids is 2. The number of hydrogen-bond donors (Lipinski definition) is 1. The van der Waals surface area contributed by atoms with Crippen molar-refractivity contribution in [1.29, 1.82) is 0 Å². The van der Waals surface area contributed by atoms with Gasteiger partial charge in [-0.25, -0.2) is 4.79 Å². The van der Waals surface area contributed by atoms with Crippen molar-refractivity contribution in [3.63, 3.8) is 0 Å². The molecule has 2 aromatic rings. The van der Waals surface area contributed by atoms with Crippen LogP contribution in [0.5, 0.6) is 17.2 Å². The summed E-state index contributed by atoms with van der Waals surface area (Å²) in [4.78, 5) is 28.6. The van der Waals surface area contributed by atoms with Crippen molar-refractivity contribution >= 4 is 17.6 Å². The highest BCUT2D eigenvalue weighted by molar-refractivity contribution is 5.93. The standard InChI is InChI=1S/C28H37N3O6/c1-4-5-6-14-36-25-16-22(10-11-23(25)34-2)31-13-7-12-30(28(31)33)18-21-9-8-20(15-24(21)35-3)26-17-29-27(32)19-37-26/h8-11,15-16,26H,4-7,12-14,17-19H2,1-3H3,(H,29,32). The van der Waals surface area contributed by atoms with Crippen LogP contribution >= 0.6 is 0 Å². The van der Waals surface area contributed by atoms with Crippen molar-refractivity contribution in [1.82, 2.24) is 10.2 Å². The van der Waals surface area contributed by atoms with E-state index in [2.05, 4.69) is 12.2 Å². The first-order valence-corrected chi connectivity index (χ1v) is 13.0. The van der Waals surface area contributed by atoms with Gasteiger partial charge in [-0.3, -0.25) is 9.69 Å². The Kier molecular flexibility index (Phi) is 9.11. The molecule has 1 unspecified atom stereocenters. The normalized spacial score (nSPS) is 18.0. The van der Waals surface area contributed by atoms with Crippen molar-refractivity contribution in [2.24, 2.45) is 0 Å². The minimum absolute atomic E-state index is 0.0453. The lowest BCUT2D eigenvalue weighted by molar-refractivity contribution is -0.133. The third-order valence-electron chi connectivity index (χ3n) is 6.72. The number of carbonyl (C=O) groups is 2. The van der Waals surface area contributed by atoms with Crippen LogP contribution in [0.15, 0.2) is 36.4 Å². The first kappa shape index (κ1) is 26.6. The molecule has 1 N–H and O–H groups in total. The number of hydrogen-bond acceptors (Lipinski definition) is 6. The summed E-state index contributed by atoms with van der Waals surface area (Å²) < 4.78 is 22.8. The van der Waals surface area contributed by atoms with E-state index in [0.29, 0.717) is 50.0 Å². The fraction of sp³-hybridized carbons (Fsp3) is 0.500. The van der Waals surface area contributed by atoms with Crippen molar-refractivity contribution in [2.45, 2.75) is 45.3 Å². The van der Waals surface area contributed by atoms with Crippen molar-refractivity contribution < 1.29 is 28.5 Å². The molecular formula is C28H37N3O6. The number of nitrogens with zero attached hydrogens (tertiary/aromatic N) is 2. The van der Waals surface area contributed by atoms with E-state index in [-0.39, 0.29) is 24.6 Å². The SMILES string of the molecule is CCCCCOc1cc(N2CCCN(Cc3ccc(C4CNC(=O)CO4)cc3OC)C2=O)ccc1OC. The third kappa shape index (κ3) is 6.46. The molecule has 0 radical (unpaired) electrons. The summed E-state index contributed by atoms with van der Waals surface area (Å²) in [6.07, 6.45) is 3.83. The molecule has 37 heavy (non-hydrogen) atoms. The molecule has 3 amide bonds. The van der Waals surface area contributed by atoms with Crippen molar-refractivity contribution in [3.8, 4) is 17.2 Å². The second kappa shape index (κ2) is 12.7. The smallest absolute Gasteiger partial charge is 0.324 e. The quantitative estimate of drug-likeness (QED) is 0.453. The van der Waals surface area contributed by atoms with Gasteiger partial charge in [0, 0.05) is 37.0 Å². The van der Waals surface area contributed by atoms with Gasteiger partial charge in [0.15, 0.2) is 11.5 Å². The molecular weight excluding hydrogens is 474 g/mol. The molecule has 4 rings (SSSR count). The van der Waals surface area contributed by atoms with Crippen LogP contribution < -0.4 is 24.4 Å². The molecule has 1 atom stereocenters. The Labute approximate surface area is 218 Å². The summed E-state index contributed by atoms with van der Waals surface area (Å²) in [7, 11) is 3.24. The number of methoxy groups -OCH3 is 2. The molecule has 0 spiro atoms. The van der Waals surface area contributed by atoms with Crippen LogP contribution in [-0.2, 0) is 16.1 Å². The number of anilines is 1. The van der Waals surface area contributed by atoms with E-state index in [4.69, 9.17) is 18.9 Å². The first-order valence-electron chi connectivity index (χ1n) is 13.0. The molecule has 9 nitrogen and oxygen atoms in total. The number of unbranched alkanes of at least 4 members (excludes halogenated alkanes) is 2. The van der Waals surface area contributed by atoms with E-state index in [1.165, 1.54) is 0 Å². The van der Waals surface area contributed by atoms with E-state index >= 15 is 0 Å². The van der Waals surface area contributed by atoms with Crippen LogP contribution in [-0.4, -0.2) is 63.9 Å². The highest BCUT2D eigenvalue weighted by Crippen LogP contribution is 2.34. The number of morpholine rings is 1. The van der Waals surface area contributed by atoms with Crippen LogP contribution in [0.3, 0.4) is 0 Å². The fourth-order valence-electron chi connectivity index (χ4n) is 4.65. The lowest BCUT2D eigenvalue weighted by Gasteiger charge is -2.36. The topological polar surface area (TPSA) is 89.6 Å². The fourth-order valence-corrected chi connectivity index (χ4v) is 4.65. The van der Waals surface area contributed by atoms with Gasteiger partial charge in [0.05, 0.1) is 27.4 Å². The van der Waals surface area contributed by atoms with E-state index in [1.807, 2.05) is 41.3 Å². The van der Waals surface area contributed by atoms with Gasteiger partial charge < -0.3 is 29.2 Å². The number of ether oxygens (including phenoxy) is 4. The molecule has 0 aliphatic carbocycles. The van der Waals surface area contributed by atoms with Crippen molar-refractivity contribution in [3.05, 3.63) is 47.5 Å². The number of urea groups is 1. The Morgan fingerprint density at radius 1 is 1.00 bits per heavy atom. The Bertz CT molecular complexity index is 1080. The van der Waals surface area contributed by atoms with Gasteiger partial charge in [0.1, 0.15) is 18.5 Å². The first-order chi connectivity index (χ1) is 18.0. The van der Waals surface area contributed by atoms with E-state index < -0.39 is 0 Å². The second-order valence-electron chi connectivity index (χ2n) is 9.28. The van der Waals surface area contributed by atoms with Gasteiger partial charge in [0.25, 0.3) is 0 Å². The molecule has 2 saturated heterocycles. The monoisotopic (exact) mass is 511 g/mol. The highest BCUT2D eigenvalue weighted by Gasteiger charge is 2.29. The maximum atomic E-state index is 13.5. The average Bonchev–Trinajstić information content (AvgIpc) is 2.93. The van der Waals surface area contributed by atoms with Gasteiger partial charge in [0.2, 0.25) is 5.91 Å². The molecule has 2 aromatic carbocycles. The Morgan fingerprint density at radius 3 is 2.57 bits per heavy atom. The molecule has 2 aliphatic heterocycles. The van der Waals surface area contributed by atoms with Crippen LogP contribution in [0.2, 0.25) is 0 Å². The lowest BCUT2D eigenvalue weighted by Crippen LogP contribution is -2.49. The zero-order chi connectivity index (χ0) is 26.2. The number of nitrogens with one attached hydrogen (secondary N) is 1. The maximum Gasteiger partial charge on any atom is 0.324 e. The minimum Gasteiger partial charge on any atom is -0.496 e. The van der Waals surface area contributed by atoms with E-state index in [1.54, 1.807) is 19.1 Å². The molecule has 0 saturated carbocycles.